The molecular weight excluding hydrogens is 306 g/mol. The zero-order valence-electron chi connectivity index (χ0n) is 13.7. The van der Waals surface area contributed by atoms with Gasteiger partial charge in [0.25, 0.3) is 0 Å². The summed E-state index contributed by atoms with van der Waals surface area (Å²) in [6.45, 7) is 0. The number of rotatable bonds is 3. The van der Waals surface area contributed by atoms with Gasteiger partial charge in [0.15, 0.2) is 6.10 Å². The third kappa shape index (κ3) is 4.57. The first-order valence-electron chi connectivity index (χ1n) is 7.89. The molecule has 4 N–H and O–H groups in total. The zero-order chi connectivity index (χ0) is 17.5. The summed E-state index contributed by atoms with van der Waals surface area (Å²) in [5.41, 5.74) is 9.02. The summed E-state index contributed by atoms with van der Waals surface area (Å²) in [7, 11) is 1.73. The summed E-state index contributed by atoms with van der Waals surface area (Å²) in [6.07, 6.45) is 1.72. The van der Waals surface area contributed by atoms with E-state index in [1.807, 2.05) is 12.1 Å². The highest BCUT2D eigenvalue weighted by Crippen LogP contribution is 2.28. The average molecular weight is 329 g/mol. The van der Waals surface area contributed by atoms with Crippen molar-refractivity contribution in [3.63, 3.8) is 0 Å². The number of carboxylic acids is 1. The van der Waals surface area contributed by atoms with Crippen molar-refractivity contribution in [3.8, 4) is 5.75 Å². The summed E-state index contributed by atoms with van der Waals surface area (Å²) < 4.78 is 5.31. The van der Waals surface area contributed by atoms with Gasteiger partial charge in [-0.1, -0.05) is 42.5 Å². The van der Waals surface area contributed by atoms with E-state index in [4.69, 9.17) is 20.7 Å². The van der Waals surface area contributed by atoms with Crippen molar-refractivity contribution in [1.29, 1.82) is 0 Å². The molecule has 128 valence electrons. The molecule has 0 aliphatic heterocycles. The number of methoxy groups -OCH3 is 1. The highest BCUT2D eigenvalue weighted by Gasteiger charge is 2.18. The molecule has 2 aromatic carbocycles. The summed E-state index contributed by atoms with van der Waals surface area (Å²) in [5, 5.41) is 17.4. The lowest BCUT2D eigenvalue weighted by molar-refractivity contribution is -0.146. The van der Waals surface area contributed by atoms with Crippen molar-refractivity contribution >= 4 is 5.97 Å². The maximum atomic E-state index is 10.2. The maximum Gasteiger partial charge on any atom is 0.337 e. The van der Waals surface area contributed by atoms with E-state index in [1.165, 1.54) is 11.1 Å². The van der Waals surface area contributed by atoms with Gasteiger partial charge >= 0.3 is 5.97 Å². The molecule has 0 heterocycles. The number of carboxylic acid groups (broad SMARTS) is 1. The molecule has 24 heavy (non-hydrogen) atoms. The molecule has 0 fully saturated rings. The second-order valence-electron chi connectivity index (χ2n) is 5.75. The van der Waals surface area contributed by atoms with Crippen LogP contribution in [0.5, 0.6) is 5.75 Å². The number of aliphatic hydroxyl groups is 1. The monoisotopic (exact) mass is 329 g/mol. The summed E-state index contributed by atoms with van der Waals surface area (Å²) in [5.74, 6) is -0.208. The van der Waals surface area contributed by atoms with E-state index in [1.54, 1.807) is 37.4 Å². The van der Waals surface area contributed by atoms with Crippen molar-refractivity contribution in [1.82, 2.24) is 0 Å². The molecule has 1 aliphatic rings. The van der Waals surface area contributed by atoms with Crippen LogP contribution in [0.4, 0.5) is 0 Å². The fourth-order valence-electron chi connectivity index (χ4n) is 2.77. The molecule has 2 aromatic rings. The van der Waals surface area contributed by atoms with Crippen LogP contribution in [0, 0.1) is 0 Å². The average Bonchev–Trinajstić information content (AvgIpc) is 2.61. The minimum Gasteiger partial charge on any atom is -0.496 e. The van der Waals surface area contributed by atoms with Crippen molar-refractivity contribution < 1.29 is 19.7 Å². The molecule has 5 nitrogen and oxygen atoms in total. The Morgan fingerprint density at radius 1 is 1.21 bits per heavy atom. The highest BCUT2D eigenvalue weighted by atomic mass is 16.5. The number of hydrogen-bond donors (Lipinski definition) is 3. The number of nitrogens with two attached hydrogens (primary N) is 1. The van der Waals surface area contributed by atoms with Crippen LogP contribution in [-0.2, 0) is 17.6 Å². The fraction of sp³-hybridized carbons (Fsp3) is 0.316. The van der Waals surface area contributed by atoms with Gasteiger partial charge in [0, 0.05) is 6.04 Å². The van der Waals surface area contributed by atoms with Gasteiger partial charge in [0.2, 0.25) is 0 Å². The lowest BCUT2D eigenvalue weighted by atomic mass is 9.88. The van der Waals surface area contributed by atoms with Crippen LogP contribution < -0.4 is 10.5 Å². The predicted molar refractivity (Wildman–Crippen MR) is 92.0 cm³/mol. The zero-order valence-corrected chi connectivity index (χ0v) is 13.7. The van der Waals surface area contributed by atoms with Gasteiger partial charge in [-0.15, -0.1) is 0 Å². The van der Waals surface area contributed by atoms with E-state index in [0.717, 1.165) is 25.0 Å². The smallest absolute Gasteiger partial charge is 0.337 e. The molecule has 2 atom stereocenters. The quantitative estimate of drug-likeness (QED) is 0.803. The van der Waals surface area contributed by atoms with Crippen LogP contribution in [0.15, 0.2) is 48.5 Å². The Morgan fingerprint density at radius 2 is 1.92 bits per heavy atom. The number of hydrogen-bond acceptors (Lipinski definition) is 4. The highest BCUT2D eigenvalue weighted by molar-refractivity contribution is 5.73. The molecular formula is C19H23NO4. The van der Waals surface area contributed by atoms with Crippen molar-refractivity contribution in [2.24, 2.45) is 5.73 Å². The van der Waals surface area contributed by atoms with E-state index in [0.29, 0.717) is 11.6 Å². The first-order valence-corrected chi connectivity index (χ1v) is 7.89. The SMILES string of the molecule is COc1cccc2c1CC[C@H](N)C2.O=C(O)[C@@H](O)c1ccccc1. The number of fused-ring (bicyclic) bond motifs is 1. The van der Waals surface area contributed by atoms with Crippen LogP contribution in [0.3, 0.4) is 0 Å². The molecule has 0 amide bonds. The second-order valence-corrected chi connectivity index (χ2v) is 5.75. The minimum absolute atomic E-state index is 0.333. The third-order valence-electron chi connectivity index (χ3n) is 4.05. The predicted octanol–water partition coefficient (Wildman–Crippen LogP) is 2.32. The van der Waals surface area contributed by atoms with Crippen LogP contribution in [-0.4, -0.2) is 29.3 Å². The first kappa shape index (κ1) is 18.0. The van der Waals surface area contributed by atoms with Gasteiger partial charge in [-0.2, -0.15) is 0 Å². The van der Waals surface area contributed by atoms with Gasteiger partial charge in [0.1, 0.15) is 5.75 Å². The largest absolute Gasteiger partial charge is 0.496 e. The Bertz CT molecular complexity index is 672. The van der Waals surface area contributed by atoms with Crippen LogP contribution >= 0.6 is 0 Å². The van der Waals surface area contributed by atoms with Crippen molar-refractivity contribution in [2.45, 2.75) is 31.4 Å². The number of carbonyl (C=O) groups is 1. The standard InChI is InChI=1S/C11H15NO.C8H8O3/c1-13-11-4-2-3-8-7-9(12)5-6-10(8)11;9-7(8(10)11)6-4-2-1-3-5-6/h2-4,9H,5-7,12H2,1H3;1-5,7,9H,(H,10,11)/t9-;7-/m00/s1. The molecule has 1 aliphatic carbocycles. The first-order chi connectivity index (χ1) is 11.5. The lowest BCUT2D eigenvalue weighted by Crippen LogP contribution is -2.27. The molecule has 3 rings (SSSR count). The normalized spacial score (nSPS) is 17.0. The molecule has 0 unspecified atom stereocenters. The van der Waals surface area contributed by atoms with E-state index in [2.05, 4.69) is 6.07 Å². The number of ether oxygens (including phenoxy) is 1. The van der Waals surface area contributed by atoms with Gasteiger partial charge < -0.3 is 20.7 Å². The van der Waals surface area contributed by atoms with E-state index >= 15 is 0 Å². The molecule has 0 aromatic heterocycles. The Kier molecular flexibility index (Phi) is 6.35. The van der Waals surface area contributed by atoms with E-state index < -0.39 is 12.1 Å². The van der Waals surface area contributed by atoms with Crippen LogP contribution in [0.1, 0.15) is 29.2 Å². The molecule has 5 heteroatoms. The van der Waals surface area contributed by atoms with Gasteiger partial charge in [-0.25, -0.2) is 4.79 Å². The van der Waals surface area contributed by atoms with Crippen molar-refractivity contribution in [2.75, 3.05) is 7.11 Å². The Balaban J connectivity index is 0.000000177. The summed E-state index contributed by atoms with van der Waals surface area (Å²) in [6, 6.07) is 14.8. The third-order valence-corrected chi connectivity index (χ3v) is 4.05. The van der Waals surface area contributed by atoms with E-state index in [-0.39, 0.29) is 0 Å². The number of aliphatic hydroxyl groups excluding tert-OH is 1. The van der Waals surface area contributed by atoms with Crippen LogP contribution in [0.25, 0.3) is 0 Å². The van der Waals surface area contributed by atoms with Crippen molar-refractivity contribution in [3.05, 3.63) is 65.2 Å². The number of benzene rings is 2. The minimum atomic E-state index is -1.41. The maximum absolute atomic E-state index is 10.2. The van der Waals surface area contributed by atoms with Gasteiger partial charge in [0.05, 0.1) is 7.11 Å². The molecule has 0 saturated heterocycles. The van der Waals surface area contributed by atoms with Gasteiger partial charge in [-0.05, 0) is 42.0 Å². The van der Waals surface area contributed by atoms with E-state index in [9.17, 15) is 4.79 Å². The van der Waals surface area contributed by atoms with Gasteiger partial charge in [-0.3, -0.25) is 0 Å². The molecule has 0 saturated carbocycles. The van der Waals surface area contributed by atoms with Crippen LogP contribution in [0.2, 0.25) is 0 Å². The second kappa shape index (κ2) is 8.47. The Labute approximate surface area is 141 Å². The Morgan fingerprint density at radius 3 is 2.54 bits per heavy atom. The summed E-state index contributed by atoms with van der Waals surface area (Å²) in [4.78, 5) is 10.2. The lowest BCUT2D eigenvalue weighted by Gasteiger charge is -2.22. The Hall–Kier alpha value is -2.37. The molecule has 0 bridgehead atoms. The molecule has 0 spiro atoms. The molecule has 0 radical (unpaired) electrons. The fourth-order valence-corrected chi connectivity index (χ4v) is 2.77. The topological polar surface area (TPSA) is 92.8 Å². The number of aliphatic carboxylic acids is 1. The summed E-state index contributed by atoms with van der Waals surface area (Å²) >= 11 is 0.